The number of amides is 1. The maximum Gasteiger partial charge on any atom is 0.341 e. The molecule has 180 valence electrons. The summed E-state index contributed by atoms with van der Waals surface area (Å²) in [7, 11) is 3.47. The lowest BCUT2D eigenvalue weighted by Gasteiger charge is -2.14. The molecule has 0 atom stereocenters. The molecule has 4 rings (SSSR count). The first kappa shape index (κ1) is 24.3. The highest BCUT2D eigenvalue weighted by atomic mass is 32.2. The number of ether oxygens (including phenoxy) is 2. The number of aromatic nitrogens is 3. The first-order valence-corrected chi connectivity index (χ1v) is 13.0. The van der Waals surface area contributed by atoms with Gasteiger partial charge in [-0.2, -0.15) is 0 Å². The van der Waals surface area contributed by atoms with E-state index in [1.807, 2.05) is 49.7 Å². The van der Waals surface area contributed by atoms with Crippen LogP contribution in [0.1, 0.15) is 47.5 Å². The van der Waals surface area contributed by atoms with Crippen molar-refractivity contribution >= 4 is 40.0 Å². The summed E-state index contributed by atoms with van der Waals surface area (Å²) in [5.74, 6) is 0.926. The van der Waals surface area contributed by atoms with E-state index in [0.29, 0.717) is 27.3 Å². The predicted octanol–water partition coefficient (Wildman–Crippen LogP) is 4.73. The van der Waals surface area contributed by atoms with E-state index in [2.05, 4.69) is 15.5 Å². The Kier molecular flexibility index (Phi) is 7.57. The minimum atomic E-state index is -0.368. The van der Waals surface area contributed by atoms with Crippen LogP contribution in [0.5, 0.6) is 5.75 Å². The summed E-state index contributed by atoms with van der Waals surface area (Å²) in [5, 5.41) is 12.7. The lowest BCUT2D eigenvalue weighted by atomic mass is 9.95. The van der Waals surface area contributed by atoms with Crippen molar-refractivity contribution in [2.24, 2.45) is 7.05 Å². The molecule has 2 heterocycles. The van der Waals surface area contributed by atoms with Gasteiger partial charge in [-0.15, -0.1) is 21.5 Å². The summed E-state index contributed by atoms with van der Waals surface area (Å²) < 4.78 is 12.7. The molecule has 1 N–H and O–H groups in total. The van der Waals surface area contributed by atoms with E-state index in [0.717, 1.165) is 36.8 Å². The average Bonchev–Trinajstić information content (AvgIpc) is 3.36. The number of methoxy groups -OCH3 is 1. The molecule has 0 unspecified atom stereocenters. The van der Waals surface area contributed by atoms with Gasteiger partial charge < -0.3 is 19.4 Å². The van der Waals surface area contributed by atoms with Crippen molar-refractivity contribution < 1.29 is 19.1 Å². The van der Waals surface area contributed by atoms with E-state index < -0.39 is 0 Å². The molecule has 1 aromatic carbocycles. The van der Waals surface area contributed by atoms with Crippen LogP contribution >= 0.6 is 23.1 Å². The molecule has 0 saturated heterocycles. The van der Waals surface area contributed by atoms with Crippen LogP contribution < -0.4 is 10.1 Å². The van der Waals surface area contributed by atoms with Gasteiger partial charge in [-0.1, -0.05) is 23.9 Å². The van der Waals surface area contributed by atoms with Crippen LogP contribution in [0.4, 0.5) is 5.00 Å². The zero-order valence-corrected chi connectivity index (χ0v) is 21.3. The number of thiophene rings is 1. The summed E-state index contributed by atoms with van der Waals surface area (Å²) in [4.78, 5) is 26.8. The largest absolute Gasteiger partial charge is 0.496 e. The lowest BCUT2D eigenvalue weighted by Crippen LogP contribution is -2.19. The minimum absolute atomic E-state index is 0.138. The fourth-order valence-corrected chi connectivity index (χ4v) is 5.94. The molecule has 1 aliphatic carbocycles. The van der Waals surface area contributed by atoms with Crippen LogP contribution in [0.3, 0.4) is 0 Å². The topological polar surface area (TPSA) is 95.3 Å². The van der Waals surface area contributed by atoms with Crippen LogP contribution in [0.15, 0.2) is 29.4 Å². The average molecular weight is 501 g/mol. The van der Waals surface area contributed by atoms with Crippen molar-refractivity contribution in [3.63, 3.8) is 0 Å². The summed E-state index contributed by atoms with van der Waals surface area (Å²) in [5.41, 5.74) is 2.37. The van der Waals surface area contributed by atoms with Gasteiger partial charge in [-0.05, 0) is 57.2 Å². The Balaban J connectivity index is 1.48. The molecule has 3 aromatic rings. The summed E-state index contributed by atoms with van der Waals surface area (Å²) in [6.07, 6.45) is 3.67. The smallest absolute Gasteiger partial charge is 0.341 e. The number of anilines is 1. The number of carbonyl (C=O) groups excluding carboxylic acids is 2. The number of nitrogens with zero attached hydrogens (tertiary/aromatic N) is 3. The fraction of sp³-hybridized carbons (Fsp3) is 0.417. The molecule has 0 radical (unpaired) electrons. The number of nitrogens with one attached hydrogen (secondary N) is 1. The molecule has 0 saturated carbocycles. The van der Waals surface area contributed by atoms with Crippen molar-refractivity contribution in [2.45, 2.75) is 50.8 Å². The molecule has 1 amide bonds. The fourth-order valence-electron chi connectivity index (χ4n) is 3.94. The second-order valence-corrected chi connectivity index (χ2v) is 10.3. The third-order valence-electron chi connectivity index (χ3n) is 5.49. The molecule has 0 spiro atoms. The maximum atomic E-state index is 12.8. The van der Waals surface area contributed by atoms with E-state index in [1.54, 1.807) is 7.11 Å². The number of esters is 1. The first-order valence-electron chi connectivity index (χ1n) is 11.2. The molecule has 0 aliphatic heterocycles. The van der Waals surface area contributed by atoms with Crippen molar-refractivity contribution in [2.75, 3.05) is 18.2 Å². The Hall–Kier alpha value is -2.85. The number of benzene rings is 1. The lowest BCUT2D eigenvalue weighted by molar-refractivity contribution is -0.113. The Morgan fingerprint density at radius 1 is 1.21 bits per heavy atom. The van der Waals surface area contributed by atoms with Crippen molar-refractivity contribution in [1.29, 1.82) is 0 Å². The van der Waals surface area contributed by atoms with E-state index in [4.69, 9.17) is 9.47 Å². The number of aryl methyl sites for hydroxylation is 1. The van der Waals surface area contributed by atoms with Crippen molar-refractivity contribution in [1.82, 2.24) is 14.8 Å². The number of rotatable bonds is 8. The van der Waals surface area contributed by atoms with Gasteiger partial charge >= 0.3 is 5.97 Å². The molecule has 10 heteroatoms. The zero-order chi connectivity index (χ0) is 24.2. The number of hydrogen-bond donors (Lipinski definition) is 1. The monoisotopic (exact) mass is 500 g/mol. The van der Waals surface area contributed by atoms with E-state index in [9.17, 15) is 9.59 Å². The van der Waals surface area contributed by atoms with Gasteiger partial charge in [-0.25, -0.2) is 4.79 Å². The molecule has 2 aromatic heterocycles. The van der Waals surface area contributed by atoms with Gasteiger partial charge in [0.25, 0.3) is 0 Å². The molecule has 34 heavy (non-hydrogen) atoms. The summed E-state index contributed by atoms with van der Waals surface area (Å²) in [6.45, 7) is 3.65. The SMILES string of the molecule is COc1ccccc1-c1nnc(SCC(=O)Nc2sc3c(c2C(=O)OC(C)C)CCCC3)n1C. The molecular formula is C24H28N4O4S2. The highest BCUT2D eigenvalue weighted by Crippen LogP contribution is 2.39. The molecular weight excluding hydrogens is 472 g/mol. The quantitative estimate of drug-likeness (QED) is 0.353. The van der Waals surface area contributed by atoms with Crippen LogP contribution in [0, 0.1) is 0 Å². The molecule has 8 nitrogen and oxygen atoms in total. The number of hydrogen-bond acceptors (Lipinski definition) is 8. The Morgan fingerprint density at radius 2 is 1.97 bits per heavy atom. The Morgan fingerprint density at radius 3 is 2.74 bits per heavy atom. The predicted molar refractivity (Wildman–Crippen MR) is 134 cm³/mol. The molecule has 0 fully saturated rings. The second-order valence-electron chi connectivity index (χ2n) is 8.27. The van der Waals surface area contributed by atoms with Gasteiger partial charge in [0, 0.05) is 11.9 Å². The zero-order valence-electron chi connectivity index (χ0n) is 19.7. The number of para-hydroxylation sites is 1. The van der Waals surface area contributed by atoms with E-state index in [-0.39, 0.29) is 23.7 Å². The van der Waals surface area contributed by atoms with E-state index >= 15 is 0 Å². The van der Waals surface area contributed by atoms with Gasteiger partial charge in [0.15, 0.2) is 11.0 Å². The van der Waals surface area contributed by atoms with E-state index in [1.165, 1.54) is 28.0 Å². The number of thioether (sulfide) groups is 1. The minimum Gasteiger partial charge on any atom is -0.496 e. The normalized spacial score (nSPS) is 13.0. The standard InChI is InChI=1S/C24H28N4O4S2/c1-14(2)32-23(30)20-16-10-6-8-12-18(16)34-22(20)25-19(29)13-33-24-27-26-21(28(24)3)15-9-5-7-11-17(15)31-4/h5,7,9,11,14H,6,8,10,12-13H2,1-4H3,(H,25,29). The van der Waals surface area contributed by atoms with Crippen LogP contribution in [-0.2, 0) is 29.4 Å². The summed E-state index contributed by atoms with van der Waals surface area (Å²) >= 11 is 2.77. The number of carbonyl (C=O) groups is 2. The second kappa shape index (κ2) is 10.6. The van der Waals surface area contributed by atoms with Crippen molar-refractivity contribution in [3.8, 4) is 17.1 Å². The highest BCUT2D eigenvalue weighted by Gasteiger charge is 2.28. The van der Waals surface area contributed by atoms with Gasteiger partial charge in [-0.3, -0.25) is 4.79 Å². The summed E-state index contributed by atoms with van der Waals surface area (Å²) in [6, 6.07) is 7.59. The third kappa shape index (κ3) is 5.12. The Labute approximate surface area is 207 Å². The Bertz CT molecular complexity index is 1200. The molecule has 0 bridgehead atoms. The van der Waals surface area contributed by atoms with Crippen LogP contribution in [0.25, 0.3) is 11.4 Å². The van der Waals surface area contributed by atoms with Gasteiger partial charge in [0.2, 0.25) is 5.91 Å². The van der Waals surface area contributed by atoms with Gasteiger partial charge in [0.1, 0.15) is 10.8 Å². The highest BCUT2D eigenvalue weighted by molar-refractivity contribution is 7.99. The maximum absolute atomic E-state index is 12.8. The first-order chi connectivity index (χ1) is 16.4. The van der Waals surface area contributed by atoms with Crippen LogP contribution in [-0.4, -0.2) is 45.6 Å². The van der Waals surface area contributed by atoms with Crippen LogP contribution in [0.2, 0.25) is 0 Å². The number of fused-ring (bicyclic) bond motifs is 1. The van der Waals surface area contributed by atoms with Crippen molar-refractivity contribution in [3.05, 3.63) is 40.3 Å². The van der Waals surface area contributed by atoms with Gasteiger partial charge in [0.05, 0.1) is 30.1 Å². The molecule has 1 aliphatic rings. The third-order valence-corrected chi connectivity index (χ3v) is 7.71.